The Kier molecular flexibility index (Phi) is 11.0. The van der Waals surface area contributed by atoms with E-state index in [1.54, 1.807) is 6.07 Å². The van der Waals surface area contributed by atoms with Crippen LogP contribution >= 0.6 is 24.8 Å². The molecule has 0 aliphatic carbocycles. The summed E-state index contributed by atoms with van der Waals surface area (Å²) in [4.78, 5) is 2.55. The van der Waals surface area contributed by atoms with Crippen LogP contribution in [0.25, 0.3) is 0 Å². The number of benzene rings is 1. The van der Waals surface area contributed by atoms with E-state index in [9.17, 15) is 4.39 Å². The van der Waals surface area contributed by atoms with E-state index in [1.165, 1.54) is 31.2 Å². The van der Waals surface area contributed by atoms with Gasteiger partial charge in [0.15, 0.2) is 0 Å². The van der Waals surface area contributed by atoms with Gasteiger partial charge >= 0.3 is 0 Å². The maximum absolute atomic E-state index is 13.5. The molecule has 1 atom stereocenters. The standard InChI is InChI=1S/C17H27FN2.2ClH/c1-3-4-5-6-17(20-11-9-19-10-12-20)15-7-8-16(18)14(2)13-15;;/h7-8,13,17,19H,3-6,9-12H2,1-2H3;2*1H/t17-;;/m0../s1. The van der Waals surface area contributed by atoms with Crippen molar-refractivity contribution in [1.29, 1.82) is 0 Å². The number of aryl methyl sites for hydroxylation is 1. The predicted molar refractivity (Wildman–Crippen MR) is 97.0 cm³/mol. The third kappa shape index (κ3) is 6.04. The summed E-state index contributed by atoms with van der Waals surface area (Å²) in [6.07, 6.45) is 4.96. The van der Waals surface area contributed by atoms with Gasteiger partial charge in [-0.2, -0.15) is 0 Å². The molecule has 1 N–H and O–H groups in total. The molecule has 128 valence electrons. The fourth-order valence-electron chi connectivity index (χ4n) is 3.02. The molecule has 1 heterocycles. The van der Waals surface area contributed by atoms with Crippen LogP contribution in [0.4, 0.5) is 4.39 Å². The Morgan fingerprint density at radius 3 is 2.45 bits per heavy atom. The van der Waals surface area contributed by atoms with Crippen molar-refractivity contribution in [3.63, 3.8) is 0 Å². The minimum Gasteiger partial charge on any atom is -0.314 e. The Balaban J connectivity index is 0.00000220. The van der Waals surface area contributed by atoms with Crippen molar-refractivity contribution >= 4 is 24.8 Å². The zero-order valence-electron chi connectivity index (χ0n) is 13.6. The highest BCUT2D eigenvalue weighted by molar-refractivity contribution is 5.85. The van der Waals surface area contributed by atoms with Gasteiger partial charge in [-0.1, -0.05) is 38.3 Å². The van der Waals surface area contributed by atoms with Crippen LogP contribution in [-0.4, -0.2) is 31.1 Å². The predicted octanol–water partition coefficient (Wildman–Crippen LogP) is 4.50. The maximum atomic E-state index is 13.5. The van der Waals surface area contributed by atoms with Crippen molar-refractivity contribution in [2.75, 3.05) is 26.2 Å². The van der Waals surface area contributed by atoms with Crippen molar-refractivity contribution in [3.8, 4) is 0 Å². The fourth-order valence-corrected chi connectivity index (χ4v) is 3.02. The molecule has 1 aromatic carbocycles. The van der Waals surface area contributed by atoms with Crippen LogP contribution in [0.5, 0.6) is 0 Å². The molecule has 0 bridgehead atoms. The molecule has 1 fully saturated rings. The van der Waals surface area contributed by atoms with Gasteiger partial charge in [-0.3, -0.25) is 4.90 Å². The Hall–Kier alpha value is -0.350. The van der Waals surface area contributed by atoms with Gasteiger partial charge in [0.05, 0.1) is 0 Å². The molecule has 1 aliphatic rings. The van der Waals surface area contributed by atoms with E-state index in [1.807, 2.05) is 19.1 Å². The average Bonchev–Trinajstić information content (AvgIpc) is 2.48. The summed E-state index contributed by atoms with van der Waals surface area (Å²) >= 11 is 0. The third-order valence-electron chi connectivity index (χ3n) is 4.24. The average molecular weight is 351 g/mol. The van der Waals surface area contributed by atoms with Gasteiger partial charge in [0.1, 0.15) is 5.82 Å². The maximum Gasteiger partial charge on any atom is 0.126 e. The van der Waals surface area contributed by atoms with Gasteiger partial charge in [0, 0.05) is 32.2 Å². The van der Waals surface area contributed by atoms with E-state index in [0.717, 1.165) is 31.7 Å². The fraction of sp³-hybridized carbons (Fsp3) is 0.647. The lowest BCUT2D eigenvalue weighted by Crippen LogP contribution is -2.45. The van der Waals surface area contributed by atoms with Crippen LogP contribution in [0.1, 0.15) is 49.8 Å². The van der Waals surface area contributed by atoms with E-state index in [-0.39, 0.29) is 30.6 Å². The second kappa shape index (κ2) is 11.2. The summed E-state index contributed by atoms with van der Waals surface area (Å²) < 4.78 is 13.5. The molecule has 0 radical (unpaired) electrons. The number of nitrogens with zero attached hydrogens (tertiary/aromatic N) is 1. The van der Waals surface area contributed by atoms with Gasteiger partial charge in [-0.15, -0.1) is 24.8 Å². The van der Waals surface area contributed by atoms with E-state index in [0.29, 0.717) is 6.04 Å². The SMILES string of the molecule is CCCCC[C@@H](c1ccc(F)c(C)c1)N1CCNCC1.Cl.Cl. The first-order valence-corrected chi connectivity index (χ1v) is 7.93. The van der Waals surface area contributed by atoms with E-state index >= 15 is 0 Å². The van der Waals surface area contributed by atoms with E-state index < -0.39 is 0 Å². The largest absolute Gasteiger partial charge is 0.314 e. The molecule has 2 rings (SSSR count). The Labute approximate surface area is 146 Å². The summed E-state index contributed by atoms with van der Waals surface area (Å²) in [7, 11) is 0. The van der Waals surface area contributed by atoms with Crippen LogP contribution in [-0.2, 0) is 0 Å². The summed E-state index contributed by atoms with van der Waals surface area (Å²) in [5, 5.41) is 3.41. The lowest BCUT2D eigenvalue weighted by atomic mass is 9.96. The van der Waals surface area contributed by atoms with E-state index in [4.69, 9.17) is 0 Å². The van der Waals surface area contributed by atoms with Crippen LogP contribution in [0, 0.1) is 12.7 Å². The molecule has 22 heavy (non-hydrogen) atoms. The Morgan fingerprint density at radius 1 is 1.18 bits per heavy atom. The van der Waals surface area contributed by atoms with Gasteiger partial charge < -0.3 is 5.32 Å². The van der Waals surface area contributed by atoms with Gasteiger partial charge in [-0.05, 0) is 30.5 Å². The molecule has 0 unspecified atom stereocenters. The third-order valence-corrected chi connectivity index (χ3v) is 4.24. The quantitative estimate of drug-likeness (QED) is 0.759. The normalized spacial score (nSPS) is 16.5. The lowest BCUT2D eigenvalue weighted by molar-refractivity contribution is 0.162. The van der Waals surface area contributed by atoms with Crippen molar-refractivity contribution in [2.24, 2.45) is 0 Å². The van der Waals surface area contributed by atoms with Gasteiger partial charge in [-0.25, -0.2) is 4.39 Å². The molecule has 1 saturated heterocycles. The highest BCUT2D eigenvalue weighted by atomic mass is 35.5. The zero-order valence-corrected chi connectivity index (χ0v) is 15.2. The minimum absolute atomic E-state index is 0. The molecule has 1 aliphatic heterocycles. The lowest BCUT2D eigenvalue weighted by Gasteiger charge is -2.35. The molecular weight excluding hydrogens is 322 g/mol. The topological polar surface area (TPSA) is 15.3 Å². The molecule has 5 heteroatoms. The molecule has 2 nitrogen and oxygen atoms in total. The van der Waals surface area contributed by atoms with Crippen LogP contribution < -0.4 is 5.32 Å². The first-order chi connectivity index (χ1) is 9.72. The Bertz CT molecular complexity index is 423. The van der Waals surface area contributed by atoms with Crippen molar-refractivity contribution in [2.45, 2.75) is 45.6 Å². The highest BCUT2D eigenvalue weighted by Gasteiger charge is 2.22. The first kappa shape index (κ1) is 21.6. The number of halogens is 3. The number of hydrogen-bond donors (Lipinski definition) is 1. The number of nitrogens with one attached hydrogen (secondary N) is 1. The summed E-state index contributed by atoms with van der Waals surface area (Å²) in [6.45, 7) is 8.40. The monoisotopic (exact) mass is 350 g/mol. The summed E-state index contributed by atoms with van der Waals surface area (Å²) in [5.74, 6) is -0.0960. The molecule has 0 spiro atoms. The first-order valence-electron chi connectivity index (χ1n) is 7.93. The smallest absolute Gasteiger partial charge is 0.126 e. The van der Waals surface area contributed by atoms with Crippen LogP contribution in [0.2, 0.25) is 0 Å². The molecular formula is C17H29Cl2FN2. The Morgan fingerprint density at radius 2 is 1.86 bits per heavy atom. The summed E-state index contributed by atoms with van der Waals surface area (Å²) in [5.41, 5.74) is 2.04. The summed E-state index contributed by atoms with van der Waals surface area (Å²) in [6, 6.07) is 6.08. The molecule has 1 aromatic rings. The molecule has 0 amide bonds. The van der Waals surface area contributed by atoms with E-state index in [2.05, 4.69) is 17.1 Å². The number of rotatable bonds is 6. The number of hydrogen-bond acceptors (Lipinski definition) is 2. The van der Waals surface area contributed by atoms with Gasteiger partial charge in [0.25, 0.3) is 0 Å². The van der Waals surface area contributed by atoms with Crippen molar-refractivity contribution < 1.29 is 4.39 Å². The molecule has 0 saturated carbocycles. The minimum atomic E-state index is -0.0960. The van der Waals surface area contributed by atoms with Gasteiger partial charge in [0.2, 0.25) is 0 Å². The zero-order chi connectivity index (χ0) is 14.4. The van der Waals surface area contributed by atoms with Crippen molar-refractivity contribution in [1.82, 2.24) is 10.2 Å². The second-order valence-electron chi connectivity index (χ2n) is 5.81. The van der Waals surface area contributed by atoms with Crippen LogP contribution in [0.3, 0.4) is 0 Å². The number of piperazine rings is 1. The van der Waals surface area contributed by atoms with Crippen molar-refractivity contribution in [3.05, 3.63) is 35.1 Å². The second-order valence-corrected chi connectivity index (χ2v) is 5.81. The number of unbranched alkanes of at least 4 members (excludes halogenated alkanes) is 2. The highest BCUT2D eigenvalue weighted by Crippen LogP contribution is 2.28. The van der Waals surface area contributed by atoms with Crippen LogP contribution in [0.15, 0.2) is 18.2 Å². The molecule has 0 aromatic heterocycles.